The van der Waals surface area contributed by atoms with E-state index in [2.05, 4.69) is 33.4 Å². The monoisotopic (exact) mass is 300 g/mol. The Morgan fingerprint density at radius 2 is 1.95 bits per heavy atom. The normalized spacial score (nSPS) is 56.4. The van der Waals surface area contributed by atoms with E-state index in [1.165, 1.54) is 0 Å². The smallest absolute Gasteiger partial charge is 0.159 e. The van der Waals surface area contributed by atoms with Gasteiger partial charge in [0.1, 0.15) is 0 Å². The highest BCUT2D eigenvalue weighted by Gasteiger charge is 2.72. The minimum Gasteiger partial charge on any atom is -0.385 e. The van der Waals surface area contributed by atoms with Crippen molar-refractivity contribution in [3.63, 3.8) is 0 Å². The third-order valence-electron chi connectivity index (χ3n) is 8.05. The van der Waals surface area contributed by atoms with Crippen LogP contribution in [0.4, 0.5) is 0 Å². The minimum absolute atomic E-state index is 0.0122. The third kappa shape index (κ3) is 1.52. The summed E-state index contributed by atoms with van der Waals surface area (Å²) in [5, 5.41) is 11.5. The molecule has 4 rings (SSSR count). The first-order valence-electron chi connectivity index (χ1n) is 8.81. The van der Waals surface area contributed by atoms with Crippen molar-refractivity contribution in [2.45, 2.75) is 64.9 Å². The molecule has 0 aromatic rings. The lowest BCUT2D eigenvalue weighted by Gasteiger charge is -2.59. The van der Waals surface area contributed by atoms with Crippen LogP contribution in [-0.2, 0) is 4.79 Å². The lowest BCUT2D eigenvalue weighted by atomic mass is 9.47. The molecule has 0 aromatic heterocycles. The fraction of sp³-hybridized carbons (Fsp3) is 0.750. The Hall–Kier alpha value is -0.890. The molecule has 0 saturated heterocycles. The number of hydrogen-bond acceptors (Lipinski definition) is 2. The highest BCUT2D eigenvalue weighted by molar-refractivity contribution is 5.97. The fourth-order valence-electron chi connectivity index (χ4n) is 5.95. The van der Waals surface area contributed by atoms with Crippen LogP contribution in [0, 0.1) is 28.1 Å². The molecule has 6 atom stereocenters. The number of fused-ring (bicyclic) bond motifs is 5. The zero-order chi connectivity index (χ0) is 16.0. The van der Waals surface area contributed by atoms with Gasteiger partial charge in [-0.25, -0.2) is 0 Å². The van der Waals surface area contributed by atoms with Crippen LogP contribution in [0.3, 0.4) is 0 Å². The van der Waals surface area contributed by atoms with E-state index in [0.29, 0.717) is 5.92 Å². The van der Waals surface area contributed by atoms with Crippen LogP contribution in [0.1, 0.15) is 59.3 Å². The molecule has 0 spiro atoms. The Labute approximate surface area is 133 Å². The second-order valence-corrected chi connectivity index (χ2v) is 9.21. The summed E-state index contributed by atoms with van der Waals surface area (Å²) >= 11 is 0. The van der Waals surface area contributed by atoms with Crippen molar-refractivity contribution in [1.82, 2.24) is 0 Å². The first-order chi connectivity index (χ1) is 10.2. The molecular formula is C20H28O2. The van der Waals surface area contributed by atoms with Crippen molar-refractivity contribution >= 4 is 5.78 Å². The van der Waals surface area contributed by atoms with Crippen molar-refractivity contribution in [1.29, 1.82) is 0 Å². The second-order valence-electron chi connectivity index (χ2n) is 9.21. The van der Waals surface area contributed by atoms with E-state index in [9.17, 15) is 9.90 Å². The third-order valence-corrected chi connectivity index (χ3v) is 8.05. The fourth-order valence-corrected chi connectivity index (χ4v) is 5.95. The molecule has 0 amide bonds. The van der Waals surface area contributed by atoms with Crippen LogP contribution in [0.25, 0.3) is 0 Å². The maximum Gasteiger partial charge on any atom is 0.159 e. The molecule has 0 aromatic carbocycles. The standard InChI is InChI=1S/C20H28O2/c1-5-17(2)8-9-18(3)13(11-17)6-7-20(22)16(18)10-15(21)14-12-19(14,20)4/h5,10,13-14,22H,1,6-9,11-12H2,2-4H3/t13-,14+,17-,18-,19+,20+/m1/s1. The topological polar surface area (TPSA) is 37.3 Å². The van der Waals surface area contributed by atoms with Crippen molar-refractivity contribution in [2.24, 2.45) is 28.1 Å². The van der Waals surface area contributed by atoms with Gasteiger partial charge in [0.05, 0.1) is 5.60 Å². The Morgan fingerprint density at radius 3 is 2.64 bits per heavy atom. The molecule has 2 heteroatoms. The molecule has 22 heavy (non-hydrogen) atoms. The summed E-state index contributed by atoms with van der Waals surface area (Å²) in [4.78, 5) is 12.4. The maximum atomic E-state index is 12.4. The second kappa shape index (κ2) is 3.95. The van der Waals surface area contributed by atoms with Gasteiger partial charge in [0.25, 0.3) is 0 Å². The molecule has 0 unspecified atom stereocenters. The summed E-state index contributed by atoms with van der Waals surface area (Å²) in [6.07, 6.45) is 10.0. The lowest BCUT2D eigenvalue weighted by molar-refractivity contribution is -0.124. The van der Waals surface area contributed by atoms with E-state index in [-0.39, 0.29) is 27.9 Å². The van der Waals surface area contributed by atoms with Crippen molar-refractivity contribution in [2.75, 3.05) is 0 Å². The van der Waals surface area contributed by atoms with Gasteiger partial charge in [-0.3, -0.25) is 4.79 Å². The molecule has 4 aliphatic rings. The van der Waals surface area contributed by atoms with E-state index in [4.69, 9.17) is 0 Å². The molecule has 4 aliphatic carbocycles. The zero-order valence-corrected chi connectivity index (χ0v) is 14.1. The molecule has 0 bridgehead atoms. The van der Waals surface area contributed by atoms with Crippen LogP contribution in [0.15, 0.2) is 24.3 Å². The number of carbonyl (C=O) groups excluding carboxylic acids is 1. The SMILES string of the molecule is C=C[C@]1(C)CC[C@@]2(C)C3=CC(=O)[C@@H]4C[C@]4(C)[C@]3(O)CC[C@@H]2C1. The number of aliphatic hydroxyl groups is 1. The van der Waals surface area contributed by atoms with Crippen LogP contribution in [-0.4, -0.2) is 16.5 Å². The molecule has 3 fully saturated rings. The van der Waals surface area contributed by atoms with Crippen LogP contribution in [0.2, 0.25) is 0 Å². The largest absolute Gasteiger partial charge is 0.385 e. The minimum atomic E-state index is -0.737. The molecule has 0 aliphatic heterocycles. The number of allylic oxidation sites excluding steroid dienone is 2. The Morgan fingerprint density at radius 1 is 1.23 bits per heavy atom. The van der Waals surface area contributed by atoms with Crippen LogP contribution >= 0.6 is 0 Å². The Balaban J connectivity index is 1.78. The first kappa shape index (κ1) is 14.7. The van der Waals surface area contributed by atoms with Gasteiger partial charge in [0.2, 0.25) is 0 Å². The van der Waals surface area contributed by atoms with Crippen molar-refractivity contribution < 1.29 is 9.90 Å². The van der Waals surface area contributed by atoms with Gasteiger partial charge >= 0.3 is 0 Å². The summed E-state index contributed by atoms with van der Waals surface area (Å²) in [6, 6.07) is 0. The van der Waals surface area contributed by atoms with Gasteiger partial charge in [-0.2, -0.15) is 0 Å². The van der Waals surface area contributed by atoms with E-state index in [0.717, 1.165) is 44.1 Å². The molecule has 0 heterocycles. The number of hydrogen-bond donors (Lipinski definition) is 1. The van der Waals surface area contributed by atoms with E-state index < -0.39 is 5.60 Å². The first-order valence-corrected chi connectivity index (χ1v) is 8.81. The molecule has 2 nitrogen and oxygen atoms in total. The molecule has 3 saturated carbocycles. The van der Waals surface area contributed by atoms with E-state index in [1.54, 1.807) is 0 Å². The van der Waals surface area contributed by atoms with Crippen molar-refractivity contribution in [3.05, 3.63) is 24.3 Å². The van der Waals surface area contributed by atoms with E-state index >= 15 is 0 Å². The average molecular weight is 300 g/mol. The van der Waals surface area contributed by atoms with E-state index in [1.807, 2.05) is 6.08 Å². The van der Waals surface area contributed by atoms with Crippen LogP contribution in [0.5, 0.6) is 0 Å². The van der Waals surface area contributed by atoms with Gasteiger partial charge in [-0.15, -0.1) is 6.58 Å². The van der Waals surface area contributed by atoms with Crippen molar-refractivity contribution in [3.8, 4) is 0 Å². The Bertz CT molecular complexity index is 605. The average Bonchev–Trinajstić information content (AvgIpc) is 3.19. The van der Waals surface area contributed by atoms with Gasteiger partial charge in [0.15, 0.2) is 5.78 Å². The number of rotatable bonds is 1. The molecule has 0 radical (unpaired) electrons. The summed E-state index contributed by atoms with van der Waals surface area (Å²) in [6.45, 7) is 10.8. The molecular weight excluding hydrogens is 272 g/mol. The number of carbonyl (C=O) groups is 1. The van der Waals surface area contributed by atoms with Gasteiger partial charge in [-0.1, -0.05) is 26.8 Å². The zero-order valence-electron chi connectivity index (χ0n) is 14.1. The quantitative estimate of drug-likeness (QED) is 0.742. The predicted octanol–water partition coefficient (Wildman–Crippen LogP) is 4.05. The summed E-state index contributed by atoms with van der Waals surface area (Å²) in [5.74, 6) is 0.895. The molecule has 120 valence electrons. The lowest BCUT2D eigenvalue weighted by Crippen LogP contribution is -2.56. The molecule has 1 N–H and O–H groups in total. The summed E-state index contributed by atoms with van der Waals surface area (Å²) < 4.78 is 0. The van der Waals surface area contributed by atoms with Gasteiger partial charge < -0.3 is 5.11 Å². The number of ketones is 1. The Kier molecular flexibility index (Phi) is 2.64. The van der Waals surface area contributed by atoms with Crippen LogP contribution < -0.4 is 0 Å². The predicted molar refractivity (Wildman–Crippen MR) is 87.2 cm³/mol. The highest BCUT2D eigenvalue weighted by Crippen LogP contribution is 2.72. The maximum absolute atomic E-state index is 12.4. The summed E-state index contributed by atoms with van der Waals surface area (Å²) in [5.41, 5.74) is 0.343. The summed E-state index contributed by atoms with van der Waals surface area (Å²) in [7, 11) is 0. The highest BCUT2D eigenvalue weighted by atomic mass is 16.3. The van der Waals surface area contributed by atoms with Gasteiger partial charge in [-0.05, 0) is 66.9 Å². The van der Waals surface area contributed by atoms with Gasteiger partial charge in [0, 0.05) is 11.3 Å².